The molecule has 1 rings (SSSR count). The van der Waals surface area contributed by atoms with Crippen molar-refractivity contribution in [2.24, 2.45) is 0 Å². The fourth-order valence-corrected chi connectivity index (χ4v) is 1.47. The van der Waals surface area contributed by atoms with Crippen LogP contribution in [-0.2, 0) is 10.1 Å². The van der Waals surface area contributed by atoms with Gasteiger partial charge in [0.2, 0.25) is 0 Å². The predicted molar refractivity (Wildman–Crippen MR) is 53.9 cm³/mol. The van der Waals surface area contributed by atoms with Gasteiger partial charge in [-0.05, 0) is 13.2 Å². The Morgan fingerprint density at radius 2 is 2.00 bits per heavy atom. The fourth-order valence-electron chi connectivity index (χ4n) is 0.658. The van der Waals surface area contributed by atoms with Crippen molar-refractivity contribution in [3.63, 3.8) is 0 Å². The molecular formula is C7H10N2O3S2. The van der Waals surface area contributed by atoms with Gasteiger partial charge < -0.3 is 4.18 Å². The maximum absolute atomic E-state index is 11.0. The van der Waals surface area contributed by atoms with Crippen molar-refractivity contribution in [1.29, 1.82) is 0 Å². The number of thioether (sulfide) groups is 1. The average Bonchev–Trinajstić information content (AvgIpc) is 2.19. The van der Waals surface area contributed by atoms with Crippen LogP contribution >= 0.6 is 11.8 Å². The Balaban J connectivity index is 2.79. The Bertz CT molecular complexity index is 388. The van der Waals surface area contributed by atoms with Crippen molar-refractivity contribution in [3.8, 4) is 5.75 Å². The summed E-state index contributed by atoms with van der Waals surface area (Å²) >= 11 is 1.37. The Morgan fingerprint density at radius 3 is 2.43 bits per heavy atom. The number of hydrogen-bond acceptors (Lipinski definition) is 6. The van der Waals surface area contributed by atoms with Crippen LogP contribution < -0.4 is 4.18 Å². The lowest BCUT2D eigenvalue weighted by Gasteiger charge is -2.03. The molecule has 0 aliphatic carbocycles. The smallest absolute Gasteiger partial charge is 0.309 e. The molecule has 7 heteroatoms. The summed E-state index contributed by atoms with van der Waals surface area (Å²) in [5.74, 6) is 0.0711. The topological polar surface area (TPSA) is 69.2 Å². The molecule has 1 aromatic heterocycles. The van der Waals surface area contributed by atoms with Crippen molar-refractivity contribution in [1.82, 2.24) is 9.97 Å². The van der Waals surface area contributed by atoms with Crippen LogP contribution in [-0.4, -0.2) is 30.4 Å². The van der Waals surface area contributed by atoms with E-state index in [4.69, 9.17) is 0 Å². The number of nitrogens with zero attached hydrogens (tertiary/aromatic N) is 2. The van der Waals surface area contributed by atoms with Gasteiger partial charge in [-0.25, -0.2) is 9.97 Å². The first-order valence-electron chi connectivity index (χ1n) is 3.85. The van der Waals surface area contributed by atoms with Crippen LogP contribution in [0.1, 0.15) is 6.92 Å². The molecule has 0 saturated heterocycles. The summed E-state index contributed by atoms with van der Waals surface area (Å²) in [6.45, 7) is 1.51. The maximum Gasteiger partial charge on any atom is 0.309 e. The van der Waals surface area contributed by atoms with Crippen LogP contribution in [0.25, 0.3) is 0 Å². The lowest BCUT2D eigenvalue weighted by molar-refractivity contribution is 0.484. The molecule has 0 N–H and O–H groups in total. The van der Waals surface area contributed by atoms with Gasteiger partial charge in [-0.3, -0.25) is 0 Å². The van der Waals surface area contributed by atoms with Gasteiger partial charge in [-0.1, -0.05) is 11.8 Å². The molecular weight excluding hydrogens is 224 g/mol. The van der Waals surface area contributed by atoms with E-state index in [9.17, 15) is 8.42 Å². The van der Waals surface area contributed by atoms with E-state index in [0.717, 1.165) is 0 Å². The first-order valence-corrected chi connectivity index (χ1v) is 6.66. The summed E-state index contributed by atoms with van der Waals surface area (Å²) in [6, 6.07) is 0. The number of hydrogen-bond donors (Lipinski definition) is 0. The minimum absolute atomic E-state index is 0.0721. The molecule has 0 fully saturated rings. The third-order valence-electron chi connectivity index (χ3n) is 1.36. The molecule has 0 saturated carbocycles. The third-order valence-corrected chi connectivity index (χ3v) is 3.09. The lowest BCUT2D eigenvalue weighted by Crippen LogP contribution is -2.11. The van der Waals surface area contributed by atoms with E-state index in [1.807, 2.05) is 6.26 Å². The highest BCUT2D eigenvalue weighted by Gasteiger charge is 2.09. The summed E-state index contributed by atoms with van der Waals surface area (Å²) < 4.78 is 26.8. The van der Waals surface area contributed by atoms with Gasteiger partial charge in [-0.2, -0.15) is 8.42 Å². The summed E-state index contributed by atoms with van der Waals surface area (Å²) in [5, 5.41) is 0.575. The Morgan fingerprint density at radius 1 is 1.43 bits per heavy atom. The van der Waals surface area contributed by atoms with Gasteiger partial charge in [0.25, 0.3) is 0 Å². The molecule has 0 aliphatic rings. The highest BCUT2D eigenvalue weighted by atomic mass is 32.2. The van der Waals surface area contributed by atoms with Gasteiger partial charge >= 0.3 is 10.1 Å². The summed E-state index contributed by atoms with van der Waals surface area (Å²) in [5.41, 5.74) is 0. The Hall–Kier alpha value is -0.820. The highest BCUT2D eigenvalue weighted by Crippen LogP contribution is 2.13. The summed E-state index contributed by atoms with van der Waals surface area (Å²) in [7, 11) is -3.48. The van der Waals surface area contributed by atoms with E-state index >= 15 is 0 Å². The van der Waals surface area contributed by atoms with E-state index < -0.39 is 10.1 Å². The predicted octanol–water partition coefficient (Wildman–Crippen LogP) is 0.927. The molecule has 78 valence electrons. The first-order chi connectivity index (χ1) is 6.57. The second-order valence-corrected chi connectivity index (χ2v) is 4.97. The molecule has 0 unspecified atom stereocenters. The van der Waals surface area contributed by atoms with Crippen molar-refractivity contribution in [3.05, 3.63) is 12.4 Å². The highest BCUT2D eigenvalue weighted by molar-refractivity contribution is 7.98. The van der Waals surface area contributed by atoms with E-state index in [0.29, 0.717) is 5.16 Å². The molecule has 0 atom stereocenters. The largest absolute Gasteiger partial charge is 0.379 e. The van der Waals surface area contributed by atoms with Crippen LogP contribution in [0.4, 0.5) is 0 Å². The third kappa shape index (κ3) is 3.15. The van der Waals surface area contributed by atoms with E-state index in [1.165, 1.54) is 31.1 Å². The van der Waals surface area contributed by atoms with Crippen LogP contribution in [0.15, 0.2) is 17.6 Å². The molecule has 14 heavy (non-hydrogen) atoms. The van der Waals surface area contributed by atoms with E-state index in [2.05, 4.69) is 14.2 Å². The molecule has 5 nitrogen and oxygen atoms in total. The van der Waals surface area contributed by atoms with E-state index in [-0.39, 0.29) is 11.5 Å². The van der Waals surface area contributed by atoms with Crippen LogP contribution in [0.3, 0.4) is 0 Å². The molecule has 1 heterocycles. The standard InChI is InChI=1S/C7H10N2O3S2/c1-3-14(10,11)12-6-4-8-7(13-2)9-5-6/h4-5H,3H2,1-2H3. The van der Waals surface area contributed by atoms with Crippen molar-refractivity contribution < 1.29 is 12.6 Å². The molecule has 0 amide bonds. The second-order valence-electron chi connectivity index (χ2n) is 2.34. The minimum Gasteiger partial charge on any atom is -0.379 e. The molecule has 0 bridgehead atoms. The zero-order valence-corrected chi connectivity index (χ0v) is 9.43. The molecule has 0 aliphatic heterocycles. The van der Waals surface area contributed by atoms with Gasteiger partial charge in [0.15, 0.2) is 10.9 Å². The number of aromatic nitrogens is 2. The van der Waals surface area contributed by atoms with Gasteiger partial charge in [0, 0.05) is 0 Å². The first kappa shape index (κ1) is 11.3. The minimum atomic E-state index is -3.48. The monoisotopic (exact) mass is 234 g/mol. The zero-order valence-electron chi connectivity index (χ0n) is 7.80. The van der Waals surface area contributed by atoms with Crippen molar-refractivity contribution in [2.45, 2.75) is 12.1 Å². The van der Waals surface area contributed by atoms with Crippen molar-refractivity contribution in [2.75, 3.05) is 12.0 Å². The number of rotatable bonds is 4. The molecule has 0 radical (unpaired) electrons. The SMILES string of the molecule is CCS(=O)(=O)Oc1cnc(SC)nc1. The van der Waals surface area contributed by atoms with Gasteiger partial charge in [-0.15, -0.1) is 0 Å². The Labute approximate surface area is 87.0 Å². The second kappa shape index (κ2) is 4.61. The maximum atomic E-state index is 11.0. The van der Waals surface area contributed by atoms with Gasteiger partial charge in [0.05, 0.1) is 18.1 Å². The van der Waals surface area contributed by atoms with Crippen molar-refractivity contribution >= 4 is 21.9 Å². The molecule has 0 spiro atoms. The summed E-state index contributed by atoms with van der Waals surface area (Å²) in [6.07, 6.45) is 4.51. The molecule has 1 aromatic rings. The average molecular weight is 234 g/mol. The van der Waals surface area contributed by atoms with Crippen LogP contribution in [0.5, 0.6) is 5.75 Å². The van der Waals surface area contributed by atoms with Crippen LogP contribution in [0, 0.1) is 0 Å². The zero-order chi connectivity index (χ0) is 10.6. The fraction of sp³-hybridized carbons (Fsp3) is 0.429. The Kier molecular flexibility index (Phi) is 3.70. The normalized spacial score (nSPS) is 11.3. The van der Waals surface area contributed by atoms with Crippen LogP contribution in [0.2, 0.25) is 0 Å². The summed E-state index contributed by atoms with van der Waals surface area (Å²) in [4.78, 5) is 7.76. The van der Waals surface area contributed by atoms with E-state index in [1.54, 1.807) is 0 Å². The quantitative estimate of drug-likeness (QED) is 0.438. The molecule has 0 aromatic carbocycles. The van der Waals surface area contributed by atoms with Gasteiger partial charge in [0.1, 0.15) is 0 Å². The lowest BCUT2D eigenvalue weighted by atomic mass is 10.6.